The molecule has 162 valence electrons. The van der Waals surface area contributed by atoms with Gasteiger partial charge in [0.25, 0.3) is 5.91 Å². The fraction of sp³-hybridized carbons (Fsp3) is 0.400. The molecule has 0 saturated heterocycles. The molecule has 2 aromatic heterocycles. The van der Waals surface area contributed by atoms with E-state index in [0.29, 0.717) is 0 Å². The van der Waals surface area contributed by atoms with E-state index in [1.165, 1.54) is 32.8 Å². The van der Waals surface area contributed by atoms with E-state index >= 15 is 0 Å². The molecule has 3 aromatic rings. The molecule has 0 saturated carbocycles. The molecule has 31 heavy (non-hydrogen) atoms. The van der Waals surface area contributed by atoms with Crippen molar-refractivity contribution in [3.63, 3.8) is 0 Å². The highest BCUT2D eigenvalue weighted by Crippen LogP contribution is 2.47. The Balaban J connectivity index is 1.82. The lowest BCUT2D eigenvalue weighted by atomic mass is 9.93. The molecule has 2 aliphatic heterocycles. The summed E-state index contributed by atoms with van der Waals surface area (Å²) in [6.45, 7) is 8.00. The zero-order valence-electron chi connectivity index (χ0n) is 18.7. The van der Waals surface area contributed by atoms with Crippen LogP contribution in [-0.4, -0.2) is 34.6 Å². The standard InChI is InChI=1S/C25H29N3O2S/c1-25(2,3)28-10-5-7-16-21(20-8-6-12-31-20)22-17-14-18(26)19(30-4)13-15(17)9-11-27(22)23(16)24(28)29/h6,8,12-14H,5,7,9-11,26H2,1-4H3/p+1. The zero-order chi connectivity index (χ0) is 21.9. The van der Waals surface area contributed by atoms with Crippen molar-refractivity contribution in [2.45, 2.75) is 52.1 Å². The predicted molar refractivity (Wildman–Crippen MR) is 125 cm³/mol. The van der Waals surface area contributed by atoms with Gasteiger partial charge in [-0.15, -0.1) is 11.3 Å². The molecular weight excluding hydrogens is 406 g/mol. The lowest BCUT2D eigenvalue weighted by Crippen LogP contribution is -2.46. The topological polar surface area (TPSA) is 62.1 Å². The van der Waals surface area contributed by atoms with E-state index in [9.17, 15) is 4.79 Å². The van der Waals surface area contributed by atoms with Gasteiger partial charge in [0.05, 0.1) is 12.8 Å². The lowest BCUT2D eigenvalue weighted by Gasteiger charge is -2.35. The third-order valence-electron chi connectivity index (χ3n) is 6.56. The molecule has 2 aliphatic rings. The zero-order valence-corrected chi connectivity index (χ0v) is 19.6. The van der Waals surface area contributed by atoms with Gasteiger partial charge in [0.15, 0.2) is 11.4 Å². The van der Waals surface area contributed by atoms with Gasteiger partial charge < -0.3 is 19.9 Å². The number of benzene rings is 1. The molecule has 1 amide bonds. The van der Waals surface area contributed by atoms with Crippen LogP contribution in [0.2, 0.25) is 0 Å². The van der Waals surface area contributed by atoms with Gasteiger partial charge in [0, 0.05) is 40.7 Å². The van der Waals surface area contributed by atoms with Crippen LogP contribution in [0.25, 0.3) is 21.7 Å². The molecule has 3 N–H and O–H groups in total. The van der Waals surface area contributed by atoms with E-state index in [4.69, 9.17) is 4.74 Å². The Hall–Kier alpha value is -2.57. The fourth-order valence-corrected chi connectivity index (χ4v) is 5.95. The number of thiophene rings is 1. The summed E-state index contributed by atoms with van der Waals surface area (Å²) in [5.74, 6) is 0.990. The second kappa shape index (κ2) is 7.24. The molecule has 0 unspecified atom stereocenters. The highest BCUT2D eigenvalue weighted by molar-refractivity contribution is 7.13. The van der Waals surface area contributed by atoms with Gasteiger partial charge in [-0.25, -0.2) is 0 Å². The monoisotopic (exact) mass is 436 g/mol. The summed E-state index contributed by atoms with van der Waals surface area (Å²) in [6, 6.07) is 8.55. The van der Waals surface area contributed by atoms with E-state index in [1.54, 1.807) is 18.4 Å². The Morgan fingerprint density at radius 3 is 2.61 bits per heavy atom. The van der Waals surface area contributed by atoms with Crippen molar-refractivity contribution in [3.8, 4) is 27.4 Å². The maximum absolute atomic E-state index is 13.9. The highest BCUT2D eigenvalue weighted by atomic mass is 32.1. The number of hydrogen-bond donors (Lipinski definition) is 1. The van der Waals surface area contributed by atoms with Crippen LogP contribution in [0.5, 0.6) is 5.75 Å². The number of nitrogens with zero attached hydrogens (tertiary/aromatic N) is 2. The third-order valence-corrected chi connectivity index (χ3v) is 7.45. The van der Waals surface area contributed by atoms with Crippen molar-refractivity contribution in [2.75, 3.05) is 13.7 Å². The van der Waals surface area contributed by atoms with Crippen molar-refractivity contribution >= 4 is 22.9 Å². The van der Waals surface area contributed by atoms with Gasteiger partial charge in [-0.3, -0.25) is 4.79 Å². The molecule has 0 aliphatic carbocycles. The summed E-state index contributed by atoms with van der Waals surface area (Å²) in [6.07, 6.45) is 2.78. The first-order valence-electron chi connectivity index (χ1n) is 11.0. The van der Waals surface area contributed by atoms with Crippen LogP contribution in [0.4, 0.5) is 5.69 Å². The Kier molecular flexibility index (Phi) is 4.75. The van der Waals surface area contributed by atoms with E-state index in [-0.39, 0.29) is 11.4 Å². The normalized spacial score (nSPS) is 15.9. The smallest absolute Gasteiger partial charge is 0.271 e. The maximum Gasteiger partial charge on any atom is 0.271 e. The predicted octanol–water partition coefficient (Wildman–Crippen LogP) is 4.51. The van der Waals surface area contributed by atoms with Gasteiger partial charge in [0.1, 0.15) is 5.69 Å². The number of rotatable bonds is 2. The number of hydrogen-bond acceptors (Lipinski definition) is 3. The molecule has 6 heteroatoms. The number of quaternary nitrogens is 1. The lowest BCUT2D eigenvalue weighted by molar-refractivity contribution is -0.256. The van der Waals surface area contributed by atoms with Crippen LogP contribution < -0.4 is 10.5 Å². The van der Waals surface area contributed by atoms with Gasteiger partial charge in [-0.2, -0.15) is 0 Å². The summed E-state index contributed by atoms with van der Waals surface area (Å²) >= 11 is 1.75. The van der Waals surface area contributed by atoms with Crippen molar-refractivity contribution in [1.29, 1.82) is 0 Å². The molecule has 0 bridgehead atoms. The van der Waals surface area contributed by atoms with Crippen LogP contribution in [0.15, 0.2) is 29.6 Å². The fourth-order valence-electron chi connectivity index (χ4n) is 5.15. The summed E-state index contributed by atoms with van der Waals surface area (Å²) in [5, 5.41) is 2.12. The summed E-state index contributed by atoms with van der Waals surface area (Å²) < 4.78 is 7.84. The Labute approximate surface area is 187 Å². The quantitative estimate of drug-likeness (QED) is 0.643. The number of aromatic nitrogens is 1. The minimum atomic E-state index is -0.201. The highest BCUT2D eigenvalue weighted by Gasteiger charge is 2.38. The summed E-state index contributed by atoms with van der Waals surface area (Å²) in [4.78, 5) is 17.2. The molecule has 5 nitrogen and oxygen atoms in total. The molecule has 0 fully saturated rings. The van der Waals surface area contributed by atoms with Crippen molar-refractivity contribution in [1.82, 2.24) is 9.47 Å². The number of aryl methyl sites for hydroxylation is 1. The molecule has 4 heterocycles. The number of methoxy groups -OCH3 is 1. The van der Waals surface area contributed by atoms with Crippen LogP contribution in [-0.2, 0) is 19.4 Å². The van der Waals surface area contributed by atoms with Crippen molar-refractivity contribution in [2.24, 2.45) is 0 Å². The Morgan fingerprint density at radius 1 is 1.13 bits per heavy atom. The minimum Gasteiger partial charge on any atom is -0.491 e. The molecule has 0 spiro atoms. The molecule has 5 rings (SSSR count). The number of carbonyl (C=O) groups excluding carboxylic acids is 1. The summed E-state index contributed by atoms with van der Waals surface area (Å²) in [7, 11) is 1.70. The first kappa shape index (κ1) is 20.3. The number of fused-ring (bicyclic) bond motifs is 5. The third kappa shape index (κ3) is 3.12. The van der Waals surface area contributed by atoms with Gasteiger partial charge >= 0.3 is 0 Å². The second-order valence-corrected chi connectivity index (χ2v) is 10.4. The molecular formula is C25H30N3O2S+. The average Bonchev–Trinajstić information content (AvgIpc) is 3.31. The average molecular weight is 437 g/mol. The SMILES string of the molecule is COc1cc2c(cc1[NH3+])-c1c(-c3cccs3)c3c(n1CC2)C(=O)N(C(C)(C)C)CCC3. The van der Waals surface area contributed by atoms with Gasteiger partial charge in [-0.1, -0.05) is 6.07 Å². The second-order valence-electron chi connectivity index (χ2n) is 9.48. The largest absolute Gasteiger partial charge is 0.491 e. The number of amides is 1. The molecule has 0 atom stereocenters. The summed E-state index contributed by atoms with van der Waals surface area (Å²) in [5.41, 5.74) is 11.8. The van der Waals surface area contributed by atoms with Crippen LogP contribution in [0, 0.1) is 0 Å². The van der Waals surface area contributed by atoms with Crippen molar-refractivity contribution < 1.29 is 15.3 Å². The molecule has 0 radical (unpaired) electrons. The number of ether oxygens (including phenoxy) is 1. The number of carbonyl (C=O) groups is 1. The van der Waals surface area contributed by atoms with Crippen LogP contribution >= 0.6 is 11.3 Å². The Morgan fingerprint density at radius 2 is 1.94 bits per heavy atom. The van der Waals surface area contributed by atoms with E-state index in [1.807, 2.05) is 0 Å². The van der Waals surface area contributed by atoms with Gasteiger partial charge in [0.2, 0.25) is 0 Å². The first-order valence-corrected chi connectivity index (χ1v) is 11.8. The maximum atomic E-state index is 13.9. The van der Waals surface area contributed by atoms with Gasteiger partial charge in [-0.05, 0) is 68.7 Å². The first-order chi connectivity index (χ1) is 14.8. The van der Waals surface area contributed by atoms with E-state index in [0.717, 1.165) is 49.5 Å². The van der Waals surface area contributed by atoms with E-state index < -0.39 is 0 Å². The Bertz CT molecular complexity index is 1170. The van der Waals surface area contributed by atoms with E-state index in [2.05, 4.69) is 65.6 Å². The van der Waals surface area contributed by atoms with Crippen molar-refractivity contribution in [3.05, 3.63) is 46.5 Å². The minimum absolute atomic E-state index is 0.163. The molecule has 1 aromatic carbocycles. The van der Waals surface area contributed by atoms with Crippen LogP contribution in [0.1, 0.15) is 48.8 Å². The van der Waals surface area contributed by atoms with Crippen LogP contribution in [0.3, 0.4) is 0 Å².